The standard InChI is InChI=1S/C3H3N2.CHO2.Cu/c1-2-5-3-4-1;2-1-3;/h1,3H,(H,4,5);(H,2,3);/q2*-1;+2. The van der Waals surface area contributed by atoms with Crippen molar-refractivity contribution in [3.05, 3.63) is 18.7 Å². The Bertz CT molecular complexity index is 103. The average Bonchev–Trinajstić information content (AvgIpc) is 2.17. The SMILES string of the molecule is O=[C-]O.[Cu+2].[c-]1c[nH]cn1. The van der Waals surface area contributed by atoms with Gasteiger partial charge in [-0.15, -0.1) is 6.20 Å². The summed E-state index contributed by atoms with van der Waals surface area (Å²) in [6, 6.07) is 0. The fourth-order valence-corrected chi connectivity index (χ4v) is 0.186. The van der Waals surface area contributed by atoms with Gasteiger partial charge in [-0.1, -0.05) is 19.0 Å². The van der Waals surface area contributed by atoms with Crippen LogP contribution >= 0.6 is 0 Å². The molecule has 0 aliphatic carbocycles. The number of hydrogen-bond donors (Lipinski definition) is 2. The van der Waals surface area contributed by atoms with E-state index in [0.29, 0.717) is 6.47 Å². The Morgan fingerprint density at radius 3 is 2.44 bits per heavy atom. The number of aliphatic hydroxyl groups excluding tert-OH is 1. The van der Waals surface area contributed by atoms with Crippen LogP contribution in [0.3, 0.4) is 0 Å². The molecule has 1 rings (SSSR count). The van der Waals surface area contributed by atoms with Crippen molar-refractivity contribution in [1.82, 2.24) is 9.97 Å². The molecule has 1 aromatic heterocycles. The second kappa shape index (κ2) is 10.2. The van der Waals surface area contributed by atoms with E-state index in [1.54, 1.807) is 12.5 Å². The molecular weight excluding hydrogens is 172 g/mol. The van der Waals surface area contributed by atoms with Crippen LogP contribution < -0.4 is 0 Å². The largest absolute Gasteiger partial charge is 2.00 e. The van der Waals surface area contributed by atoms with Crippen LogP contribution in [0.25, 0.3) is 0 Å². The van der Waals surface area contributed by atoms with Crippen LogP contribution in [0.2, 0.25) is 0 Å². The maximum Gasteiger partial charge on any atom is 2.00 e. The molecule has 0 atom stereocenters. The van der Waals surface area contributed by atoms with Crippen LogP contribution in [0.1, 0.15) is 0 Å². The molecule has 9 heavy (non-hydrogen) atoms. The van der Waals surface area contributed by atoms with Crippen molar-refractivity contribution in [3.63, 3.8) is 0 Å². The van der Waals surface area contributed by atoms with Crippen LogP contribution in [-0.2, 0) is 21.9 Å². The average molecular weight is 176 g/mol. The molecule has 4 nitrogen and oxygen atoms in total. The fraction of sp³-hybridized carbons (Fsp3) is 0. The monoisotopic (exact) mass is 175 g/mol. The van der Waals surface area contributed by atoms with E-state index in [9.17, 15) is 0 Å². The van der Waals surface area contributed by atoms with Gasteiger partial charge in [-0.05, 0) is 0 Å². The quantitative estimate of drug-likeness (QED) is 0.425. The van der Waals surface area contributed by atoms with Crippen molar-refractivity contribution in [3.8, 4) is 0 Å². The summed E-state index contributed by atoms with van der Waals surface area (Å²) in [6.45, 7) is 0.500. The molecule has 0 spiro atoms. The Labute approximate surface area is 62.8 Å². The molecule has 1 heterocycles. The van der Waals surface area contributed by atoms with Crippen LogP contribution in [-0.4, -0.2) is 21.5 Å². The van der Waals surface area contributed by atoms with Crippen molar-refractivity contribution in [1.29, 1.82) is 0 Å². The van der Waals surface area contributed by atoms with Gasteiger partial charge in [0.1, 0.15) is 0 Å². The van der Waals surface area contributed by atoms with E-state index in [-0.39, 0.29) is 17.1 Å². The minimum atomic E-state index is 0. The van der Waals surface area contributed by atoms with Gasteiger partial charge in [-0.3, -0.25) is 0 Å². The molecular formula is C4H4CuN2O2. The summed E-state index contributed by atoms with van der Waals surface area (Å²) in [6.07, 6.45) is 5.76. The second-order valence-corrected chi connectivity index (χ2v) is 0.790. The minimum Gasteiger partial charge on any atom is -0.665 e. The van der Waals surface area contributed by atoms with Crippen molar-refractivity contribution < 1.29 is 27.0 Å². The molecule has 0 aliphatic heterocycles. The van der Waals surface area contributed by atoms with Gasteiger partial charge >= 0.3 is 17.1 Å². The van der Waals surface area contributed by atoms with E-state index in [2.05, 4.69) is 16.2 Å². The molecule has 1 aromatic rings. The summed E-state index contributed by atoms with van der Waals surface area (Å²) in [4.78, 5) is 14.5. The number of aromatic nitrogens is 2. The van der Waals surface area contributed by atoms with E-state index >= 15 is 0 Å². The number of hydrogen-bond acceptors (Lipinski definition) is 2. The van der Waals surface area contributed by atoms with Crippen molar-refractivity contribution in [2.75, 3.05) is 0 Å². The normalized spacial score (nSPS) is 5.78. The van der Waals surface area contributed by atoms with Gasteiger partial charge in [0.25, 0.3) is 0 Å². The first-order chi connectivity index (χ1) is 3.91. The van der Waals surface area contributed by atoms with E-state index in [0.717, 1.165) is 0 Å². The van der Waals surface area contributed by atoms with Gasteiger partial charge in [0.05, 0.1) is 0 Å². The van der Waals surface area contributed by atoms with Gasteiger partial charge in [-0.25, -0.2) is 0 Å². The summed E-state index contributed by atoms with van der Waals surface area (Å²) in [5.41, 5.74) is 0. The van der Waals surface area contributed by atoms with Gasteiger partial charge in [0.2, 0.25) is 0 Å². The zero-order valence-corrected chi connectivity index (χ0v) is 5.20. The van der Waals surface area contributed by atoms with Gasteiger partial charge in [-0.2, -0.15) is 0 Å². The third-order valence-corrected chi connectivity index (χ3v) is 0.362. The zero-order valence-electron chi connectivity index (χ0n) is 4.26. The van der Waals surface area contributed by atoms with Crippen LogP contribution in [0.15, 0.2) is 12.5 Å². The molecule has 0 unspecified atom stereocenters. The zero-order chi connectivity index (χ0) is 6.24. The second-order valence-electron chi connectivity index (χ2n) is 0.790. The van der Waals surface area contributed by atoms with Gasteiger partial charge in [0.15, 0.2) is 0 Å². The smallest absolute Gasteiger partial charge is 0.665 e. The molecule has 53 valence electrons. The molecule has 0 aliphatic rings. The summed E-state index contributed by atoms with van der Waals surface area (Å²) < 4.78 is 0. The Morgan fingerprint density at radius 1 is 1.78 bits per heavy atom. The molecule has 1 radical (unpaired) electrons. The predicted molar refractivity (Wildman–Crippen MR) is 25.7 cm³/mol. The van der Waals surface area contributed by atoms with Crippen LogP contribution in [0.4, 0.5) is 0 Å². The molecule has 2 N–H and O–H groups in total. The number of nitrogens with one attached hydrogen (secondary N) is 1. The summed E-state index contributed by atoms with van der Waals surface area (Å²) in [5, 5.41) is 6.76. The first kappa shape index (κ1) is 11.1. The third kappa shape index (κ3) is 11.0. The number of H-pyrrole nitrogens is 1. The molecule has 0 saturated carbocycles. The van der Waals surface area contributed by atoms with Crippen molar-refractivity contribution >= 4 is 6.47 Å². The van der Waals surface area contributed by atoms with Gasteiger partial charge in [0, 0.05) is 0 Å². The molecule has 0 bridgehead atoms. The van der Waals surface area contributed by atoms with E-state index in [1.165, 1.54) is 0 Å². The van der Waals surface area contributed by atoms with E-state index in [1.807, 2.05) is 0 Å². The Kier molecular flexibility index (Phi) is 12.6. The first-order valence-electron chi connectivity index (χ1n) is 1.78. The summed E-state index contributed by atoms with van der Waals surface area (Å²) in [7, 11) is 0. The number of nitrogens with zero attached hydrogens (tertiary/aromatic N) is 1. The topological polar surface area (TPSA) is 66.0 Å². The van der Waals surface area contributed by atoms with E-state index < -0.39 is 0 Å². The maximum absolute atomic E-state index is 8.24. The Morgan fingerprint density at radius 2 is 2.33 bits per heavy atom. The van der Waals surface area contributed by atoms with Crippen molar-refractivity contribution in [2.24, 2.45) is 0 Å². The predicted octanol–water partition coefficient (Wildman–Crippen LogP) is -0.181. The van der Waals surface area contributed by atoms with Crippen LogP contribution in [0.5, 0.6) is 0 Å². The summed E-state index contributed by atoms with van der Waals surface area (Å²) in [5.74, 6) is 0. The van der Waals surface area contributed by atoms with E-state index in [4.69, 9.17) is 9.90 Å². The van der Waals surface area contributed by atoms with Crippen LogP contribution in [0, 0.1) is 6.20 Å². The number of rotatable bonds is 0. The summed E-state index contributed by atoms with van der Waals surface area (Å²) >= 11 is 0. The molecule has 0 amide bonds. The Hall–Kier alpha value is -0.801. The Balaban J connectivity index is 0. The fourth-order valence-electron chi connectivity index (χ4n) is 0.186. The molecule has 0 fully saturated rings. The van der Waals surface area contributed by atoms with Gasteiger partial charge < -0.3 is 19.9 Å². The molecule has 0 saturated heterocycles. The number of aromatic amines is 1. The van der Waals surface area contributed by atoms with Crippen molar-refractivity contribution in [2.45, 2.75) is 0 Å². The first-order valence-corrected chi connectivity index (χ1v) is 1.78. The number of imidazole rings is 1. The molecule has 5 heteroatoms. The minimum absolute atomic E-state index is 0. The molecule has 0 aromatic carbocycles. The third-order valence-electron chi connectivity index (χ3n) is 0.362. The maximum atomic E-state index is 8.24.